The van der Waals surface area contributed by atoms with Crippen molar-refractivity contribution in [3.05, 3.63) is 11.8 Å². The molecule has 112 valence electrons. The van der Waals surface area contributed by atoms with Crippen molar-refractivity contribution >= 4 is 0 Å². The lowest BCUT2D eigenvalue weighted by Gasteiger charge is -2.59. The predicted octanol–water partition coefficient (Wildman–Crippen LogP) is 5.47. The maximum absolute atomic E-state index is 10.4. The number of fused-ring (bicyclic) bond motifs is 5. The molecule has 6 atom stereocenters. The molecule has 1 N–H and O–H groups in total. The highest BCUT2D eigenvalue weighted by Gasteiger charge is 2.57. The topological polar surface area (TPSA) is 20.2 Å². The van der Waals surface area contributed by atoms with Crippen LogP contribution in [-0.4, -0.2) is 5.11 Å². The molecule has 1 nitrogen and oxygen atoms in total. The standard InChI is InChI=1S/C19H30O/c1-18-10-3-5-14(18)13-7-8-16-17(20)6-4-11-19(16,2)15(13)9-12-18/h6,13-16,20H,3-5,7-12H2,1-2H3/t13-,14-,15-,16?,18-,19+/m0/s1. The van der Waals surface area contributed by atoms with Crippen LogP contribution in [0, 0.1) is 34.5 Å². The second-order valence-electron chi connectivity index (χ2n) is 8.77. The molecular weight excluding hydrogens is 244 g/mol. The fourth-order valence-electron chi connectivity index (χ4n) is 6.97. The zero-order valence-corrected chi connectivity index (χ0v) is 13.2. The van der Waals surface area contributed by atoms with E-state index in [4.69, 9.17) is 0 Å². The van der Waals surface area contributed by atoms with Gasteiger partial charge < -0.3 is 5.11 Å². The third kappa shape index (κ3) is 1.61. The Kier molecular flexibility index (Phi) is 2.82. The first-order valence-electron chi connectivity index (χ1n) is 8.94. The molecule has 0 saturated heterocycles. The Labute approximate surface area is 123 Å². The van der Waals surface area contributed by atoms with Gasteiger partial charge in [0.15, 0.2) is 0 Å². The van der Waals surface area contributed by atoms with Crippen molar-refractivity contribution in [3.63, 3.8) is 0 Å². The van der Waals surface area contributed by atoms with Gasteiger partial charge in [-0.05, 0) is 86.0 Å². The minimum atomic E-state index is 0.395. The van der Waals surface area contributed by atoms with E-state index in [2.05, 4.69) is 19.9 Å². The van der Waals surface area contributed by atoms with Crippen molar-refractivity contribution in [2.75, 3.05) is 0 Å². The second-order valence-corrected chi connectivity index (χ2v) is 8.77. The summed E-state index contributed by atoms with van der Waals surface area (Å²) in [5.41, 5.74) is 1.06. The maximum Gasteiger partial charge on any atom is 0.0919 e. The van der Waals surface area contributed by atoms with E-state index in [0.29, 0.717) is 16.7 Å². The Morgan fingerprint density at radius 1 is 1.00 bits per heavy atom. The molecule has 0 aromatic heterocycles. The average molecular weight is 274 g/mol. The summed E-state index contributed by atoms with van der Waals surface area (Å²) in [6.07, 6.45) is 14.5. The molecule has 0 heterocycles. The Hall–Kier alpha value is -0.460. The number of rotatable bonds is 0. The van der Waals surface area contributed by atoms with Crippen LogP contribution in [0.5, 0.6) is 0 Å². The van der Waals surface area contributed by atoms with Crippen LogP contribution in [0.4, 0.5) is 0 Å². The smallest absolute Gasteiger partial charge is 0.0919 e. The summed E-state index contributed by atoms with van der Waals surface area (Å²) in [5.74, 6) is 4.05. The number of aliphatic hydroxyl groups is 1. The number of hydrogen-bond acceptors (Lipinski definition) is 1. The molecule has 4 rings (SSSR count). The molecule has 0 bridgehead atoms. The number of hydrogen-bond donors (Lipinski definition) is 1. The molecule has 4 aliphatic rings. The zero-order chi connectivity index (χ0) is 14.0. The number of aliphatic hydroxyl groups excluding tert-OH is 1. The summed E-state index contributed by atoms with van der Waals surface area (Å²) in [7, 11) is 0. The van der Waals surface area contributed by atoms with Gasteiger partial charge in [0, 0.05) is 5.92 Å². The first kappa shape index (κ1) is 13.2. The predicted molar refractivity (Wildman–Crippen MR) is 82.4 cm³/mol. The molecule has 20 heavy (non-hydrogen) atoms. The monoisotopic (exact) mass is 274 g/mol. The largest absolute Gasteiger partial charge is 0.512 e. The van der Waals surface area contributed by atoms with Gasteiger partial charge in [-0.3, -0.25) is 0 Å². The van der Waals surface area contributed by atoms with E-state index in [1.165, 1.54) is 51.4 Å². The highest BCUT2D eigenvalue weighted by atomic mass is 16.3. The normalized spacial score (nSPS) is 54.6. The lowest BCUT2D eigenvalue weighted by atomic mass is 9.46. The molecule has 0 radical (unpaired) electrons. The van der Waals surface area contributed by atoms with Crippen molar-refractivity contribution < 1.29 is 5.11 Å². The molecule has 3 saturated carbocycles. The Morgan fingerprint density at radius 2 is 1.85 bits per heavy atom. The fraction of sp³-hybridized carbons (Fsp3) is 0.895. The highest BCUT2D eigenvalue weighted by molar-refractivity contribution is 5.15. The van der Waals surface area contributed by atoms with E-state index in [1.54, 1.807) is 0 Å². The molecule has 3 fully saturated rings. The lowest BCUT2D eigenvalue weighted by molar-refractivity contribution is -0.0924. The molecular formula is C19H30O. The second kappa shape index (κ2) is 4.27. The summed E-state index contributed by atoms with van der Waals surface area (Å²) in [6.45, 7) is 5.09. The summed E-state index contributed by atoms with van der Waals surface area (Å²) >= 11 is 0. The molecule has 0 spiro atoms. The van der Waals surface area contributed by atoms with Gasteiger partial charge in [-0.2, -0.15) is 0 Å². The highest BCUT2D eigenvalue weighted by Crippen LogP contribution is 2.66. The molecule has 4 aliphatic carbocycles. The van der Waals surface area contributed by atoms with Crippen LogP contribution in [0.2, 0.25) is 0 Å². The minimum Gasteiger partial charge on any atom is -0.512 e. The van der Waals surface area contributed by atoms with Gasteiger partial charge in [0.1, 0.15) is 0 Å². The van der Waals surface area contributed by atoms with Crippen LogP contribution < -0.4 is 0 Å². The Bertz CT molecular complexity index is 439. The van der Waals surface area contributed by atoms with Crippen LogP contribution in [0.3, 0.4) is 0 Å². The first-order chi connectivity index (χ1) is 9.55. The third-order valence-electron chi connectivity index (χ3n) is 8.04. The number of allylic oxidation sites excluding steroid dienone is 2. The van der Waals surface area contributed by atoms with Crippen molar-refractivity contribution in [1.29, 1.82) is 0 Å². The third-order valence-corrected chi connectivity index (χ3v) is 8.04. The molecule has 0 aliphatic heterocycles. The van der Waals surface area contributed by atoms with Crippen LogP contribution in [0.25, 0.3) is 0 Å². The van der Waals surface area contributed by atoms with Crippen molar-refractivity contribution in [2.24, 2.45) is 34.5 Å². The summed E-state index contributed by atoms with van der Waals surface area (Å²) in [4.78, 5) is 0. The quantitative estimate of drug-likeness (QED) is 0.621. The Morgan fingerprint density at radius 3 is 2.70 bits per heavy atom. The van der Waals surface area contributed by atoms with Gasteiger partial charge in [0.2, 0.25) is 0 Å². The van der Waals surface area contributed by atoms with Gasteiger partial charge in [0.25, 0.3) is 0 Å². The maximum atomic E-state index is 10.4. The van der Waals surface area contributed by atoms with Crippen molar-refractivity contribution in [1.82, 2.24) is 0 Å². The molecule has 0 amide bonds. The lowest BCUT2D eigenvalue weighted by Crippen LogP contribution is -2.52. The summed E-state index contributed by atoms with van der Waals surface area (Å²) in [6, 6.07) is 0. The average Bonchev–Trinajstić information content (AvgIpc) is 2.80. The summed E-state index contributed by atoms with van der Waals surface area (Å²) in [5, 5.41) is 10.4. The molecule has 1 heteroatoms. The molecule has 0 aromatic carbocycles. The van der Waals surface area contributed by atoms with Crippen LogP contribution >= 0.6 is 0 Å². The zero-order valence-electron chi connectivity index (χ0n) is 13.2. The van der Waals surface area contributed by atoms with Gasteiger partial charge in [-0.25, -0.2) is 0 Å². The van der Waals surface area contributed by atoms with Crippen molar-refractivity contribution in [2.45, 2.75) is 71.6 Å². The van der Waals surface area contributed by atoms with Gasteiger partial charge in [0.05, 0.1) is 5.76 Å². The minimum absolute atomic E-state index is 0.395. The van der Waals surface area contributed by atoms with E-state index >= 15 is 0 Å². The summed E-state index contributed by atoms with van der Waals surface area (Å²) < 4.78 is 0. The molecule has 0 aromatic rings. The van der Waals surface area contributed by atoms with Crippen LogP contribution in [0.1, 0.15) is 71.6 Å². The Balaban J connectivity index is 1.68. The van der Waals surface area contributed by atoms with Gasteiger partial charge >= 0.3 is 0 Å². The van der Waals surface area contributed by atoms with Gasteiger partial charge in [-0.1, -0.05) is 20.3 Å². The SMILES string of the molecule is C[C@@]12CCC[C@H]1[C@@H]1CCC3C(O)=CCC[C@]3(C)[C@H]1CC2. The van der Waals surface area contributed by atoms with E-state index in [9.17, 15) is 5.11 Å². The molecule has 1 unspecified atom stereocenters. The van der Waals surface area contributed by atoms with E-state index < -0.39 is 0 Å². The van der Waals surface area contributed by atoms with Gasteiger partial charge in [-0.15, -0.1) is 0 Å². The van der Waals surface area contributed by atoms with Crippen LogP contribution in [0.15, 0.2) is 11.8 Å². The van der Waals surface area contributed by atoms with Crippen molar-refractivity contribution in [3.8, 4) is 0 Å². The van der Waals surface area contributed by atoms with E-state index in [1.807, 2.05) is 0 Å². The van der Waals surface area contributed by atoms with E-state index in [0.717, 1.165) is 29.9 Å². The van der Waals surface area contributed by atoms with Crippen LogP contribution in [-0.2, 0) is 0 Å². The fourth-order valence-corrected chi connectivity index (χ4v) is 6.97. The first-order valence-corrected chi connectivity index (χ1v) is 8.94. The van der Waals surface area contributed by atoms with E-state index in [-0.39, 0.29) is 0 Å².